The molecule has 8 heteroatoms. The number of carbonyl (C=O) groups is 1. The molecule has 0 fully saturated rings. The van der Waals surface area contributed by atoms with E-state index in [0.717, 1.165) is 11.1 Å². The number of benzene rings is 2. The van der Waals surface area contributed by atoms with E-state index in [2.05, 4.69) is 15.5 Å². The van der Waals surface area contributed by atoms with Crippen molar-refractivity contribution in [3.8, 4) is 0 Å². The van der Waals surface area contributed by atoms with E-state index in [4.69, 9.17) is 0 Å². The molecular formula is C21H20N4O3S. The van der Waals surface area contributed by atoms with Gasteiger partial charge in [-0.15, -0.1) is 0 Å². The van der Waals surface area contributed by atoms with Crippen molar-refractivity contribution in [2.45, 2.75) is 18.8 Å². The van der Waals surface area contributed by atoms with Crippen LogP contribution in [0.25, 0.3) is 6.08 Å². The number of aromatic nitrogens is 2. The molecule has 2 aromatic carbocycles. The summed E-state index contributed by atoms with van der Waals surface area (Å²) in [5, 5.41) is 9.71. The molecule has 0 aliphatic carbocycles. The Morgan fingerprint density at radius 3 is 2.48 bits per heavy atom. The van der Waals surface area contributed by atoms with Gasteiger partial charge in [-0.3, -0.25) is 9.89 Å². The molecule has 2 heterocycles. The highest BCUT2D eigenvalue weighted by molar-refractivity contribution is 7.88. The molecule has 0 saturated heterocycles. The van der Waals surface area contributed by atoms with Gasteiger partial charge in [-0.05, 0) is 17.2 Å². The number of hydrogen-bond acceptors (Lipinski definition) is 4. The molecule has 1 aliphatic rings. The number of nitrogens with zero attached hydrogens (tertiary/aromatic N) is 2. The highest BCUT2D eigenvalue weighted by Gasteiger charge is 2.33. The van der Waals surface area contributed by atoms with Crippen LogP contribution in [-0.4, -0.2) is 28.8 Å². The van der Waals surface area contributed by atoms with Crippen molar-refractivity contribution in [1.82, 2.24) is 14.5 Å². The summed E-state index contributed by atoms with van der Waals surface area (Å²) in [6.45, 7) is 0.371. The Balaban J connectivity index is 1.43. The van der Waals surface area contributed by atoms with Crippen LogP contribution in [0, 0.1) is 0 Å². The lowest BCUT2D eigenvalue weighted by atomic mass is 10.2. The molecular weight excluding hydrogens is 388 g/mol. The summed E-state index contributed by atoms with van der Waals surface area (Å²) in [7, 11) is -3.49. The topological polar surface area (TPSA) is 95.2 Å². The van der Waals surface area contributed by atoms with E-state index < -0.39 is 10.0 Å². The second-order valence-electron chi connectivity index (χ2n) is 6.77. The molecule has 0 unspecified atom stereocenters. The minimum Gasteiger partial charge on any atom is -0.307 e. The third-order valence-corrected chi connectivity index (χ3v) is 6.42. The second kappa shape index (κ2) is 8.02. The summed E-state index contributed by atoms with van der Waals surface area (Å²) >= 11 is 0. The lowest BCUT2D eigenvalue weighted by Gasteiger charge is -2.16. The van der Waals surface area contributed by atoms with Crippen molar-refractivity contribution < 1.29 is 13.2 Å². The van der Waals surface area contributed by atoms with Crippen LogP contribution in [0.5, 0.6) is 0 Å². The zero-order valence-corrected chi connectivity index (χ0v) is 16.4. The van der Waals surface area contributed by atoms with Crippen molar-refractivity contribution in [1.29, 1.82) is 0 Å². The molecule has 4 rings (SSSR count). The van der Waals surface area contributed by atoms with Gasteiger partial charge in [0.05, 0.1) is 18.0 Å². The van der Waals surface area contributed by atoms with Crippen molar-refractivity contribution in [2.24, 2.45) is 0 Å². The summed E-state index contributed by atoms with van der Waals surface area (Å²) in [6.07, 6.45) is 3.14. The first-order valence-electron chi connectivity index (χ1n) is 9.13. The van der Waals surface area contributed by atoms with Crippen LogP contribution >= 0.6 is 0 Å². The molecule has 148 valence electrons. The molecule has 0 spiro atoms. The van der Waals surface area contributed by atoms with E-state index in [1.807, 2.05) is 48.5 Å². The Morgan fingerprint density at radius 1 is 1.07 bits per heavy atom. The number of aromatic amines is 1. The molecule has 2 N–H and O–H groups in total. The maximum atomic E-state index is 12.8. The number of H-pyrrole nitrogens is 1. The fraction of sp³-hybridized carbons (Fsp3) is 0.143. The van der Waals surface area contributed by atoms with Crippen LogP contribution in [0.1, 0.15) is 22.4 Å². The first kappa shape index (κ1) is 19.1. The zero-order chi connectivity index (χ0) is 20.3. The van der Waals surface area contributed by atoms with Gasteiger partial charge < -0.3 is 5.32 Å². The van der Waals surface area contributed by atoms with Crippen LogP contribution in [0.4, 0.5) is 5.82 Å². The standard InChI is InChI=1S/C21H20N4O3S/c26-20(12-11-16-7-3-1-4-8-16)22-21-18-13-25(14-19(18)23-24-21)29(27,28)15-17-9-5-2-6-10-17/h1-12H,13-15H2,(H2,22,23,24,26)/b12-11-. The van der Waals surface area contributed by atoms with Gasteiger partial charge in [0.25, 0.3) is 0 Å². The molecule has 1 aromatic heterocycles. The third kappa shape index (κ3) is 4.44. The number of amides is 1. The zero-order valence-electron chi connectivity index (χ0n) is 15.6. The quantitative estimate of drug-likeness (QED) is 0.613. The van der Waals surface area contributed by atoms with Crippen LogP contribution in [0.3, 0.4) is 0 Å². The number of carbonyl (C=O) groups excluding carboxylic acids is 1. The van der Waals surface area contributed by atoms with Gasteiger partial charge in [-0.25, -0.2) is 8.42 Å². The average Bonchev–Trinajstić information content (AvgIpc) is 3.30. The molecule has 0 bridgehead atoms. The maximum Gasteiger partial charge on any atom is 0.249 e. The molecule has 0 radical (unpaired) electrons. The highest BCUT2D eigenvalue weighted by atomic mass is 32.2. The van der Waals surface area contributed by atoms with Crippen LogP contribution in [0.2, 0.25) is 0 Å². The van der Waals surface area contributed by atoms with Gasteiger partial charge in [-0.1, -0.05) is 60.7 Å². The lowest BCUT2D eigenvalue weighted by molar-refractivity contribution is -0.111. The van der Waals surface area contributed by atoms with Gasteiger partial charge in [0, 0.05) is 18.2 Å². The molecule has 1 amide bonds. The molecule has 7 nitrogen and oxygen atoms in total. The van der Waals surface area contributed by atoms with Gasteiger partial charge in [0.15, 0.2) is 0 Å². The minimum absolute atomic E-state index is 0.0661. The van der Waals surface area contributed by atoms with Crippen molar-refractivity contribution in [3.63, 3.8) is 0 Å². The predicted octanol–water partition coefficient (Wildman–Crippen LogP) is 2.91. The van der Waals surface area contributed by atoms with Gasteiger partial charge in [0.1, 0.15) is 5.82 Å². The Bertz CT molecular complexity index is 1140. The SMILES string of the molecule is O=C(/C=C\c1ccccc1)Nc1[nH]nc2c1CN(S(=O)(=O)Cc1ccccc1)C2. The Morgan fingerprint density at radius 2 is 1.76 bits per heavy atom. The summed E-state index contributed by atoms with van der Waals surface area (Å²) in [5.74, 6) is 0.0505. The smallest absolute Gasteiger partial charge is 0.249 e. The largest absolute Gasteiger partial charge is 0.307 e. The first-order chi connectivity index (χ1) is 14.0. The first-order valence-corrected chi connectivity index (χ1v) is 10.7. The average molecular weight is 408 g/mol. The third-order valence-electron chi connectivity index (χ3n) is 4.67. The second-order valence-corrected chi connectivity index (χ2v) is 8.74. The van der Waals surface area contributed by atoms with Gasteiger partial charge in [0.2, 0.25) is 15.9 Å². The summed E-state index contributed by atoms with van der Waals surface area (Å²) in [5.41, 5.74) is 2.97. The number of anilines is 1. The Labute approximate surface area is 169 Å². The van der Waals surface area contributed by atoms with E-state index in [1.54, 1.807) is 18.2 Å². The summed E-state index contributed by atoms with van der Waals surface area (Å²) in [6, 6.07) is 18.5. The van der Waals surface area contributed by atoms with E-state index in [1.165, 1.54) is 10.4 Å². The predicted molar refractivity (Wildman–Crippen MR) is 111 cm³/mol. The number of nitrogens with one attached hydrogen (secondary N) is 2. The normalized spacial score (nSPS) is 14.2. The monoisotopic (exact) mass is 408 g/mol. The fourth-order valence-electron chi connectivity index (χ4n) is 3.18. The van der Waals surface area contributed by atoms with E-state index in [-0.39, 0.29) is 24.7 Å². The van der Waals surface area contributed by atoms with Gasteiger partial charge >= 0.3 is 0 Å². The fourth-order valence-corrected chi connectivity index (χ4v) is 4.62. The van der Waals surface area contributed by atoms with E-state index in [0.29, 0.717) is 17.1 Å². The molecule has 1 aliphatic heterocycles. The summed E-state index contributed by atoms with van der Waals surface area (Å²) in [4.78, 5) is 12.2. The van der Waals surface area contributed by atoms with Crippen molar-refractivity contribution in [2.75, 3.05) is 5.32 Å². The van der Waals surface area contributed by atoms with Crippen LogP contribution in [-0.2, 0) is 33.7 Å². The molecule has 29 heavy (non-hydrogen) atoms. The van der Waals surface area contributed by atoms with Crippen molar-refractivity contribution in [3.05, 3.63) is 89.1 Å². The molecule has 3 aromatic rings. The van der Waals surface area contributed by atoms with Crippen LogP contribution < -0.4 is 5.32 Å². The number of fused-ring (bicyclic) bond motifs is 1. The molecule has 0 saturated carbocycles. The maximum absolute atomic E-state index is 12.8. The highest BCUT2D eigenvalue weighted by Crippen LogP contribution is 2.30. The Hall–Kier alpha value is -3.23. The van der Waals surface area contributed by atoms with E-state index in [9.17, 15) is 13.2 Å². The van der Waals surface area contributed by atoms with Crippen LogP contribution in [0.15, 0.2) is 66.7 Å². The Kier molecular flexibility index (Phi) is 5.28. The number of rotatable bonds is 6. The van der Waals surface area contributed by atoms with Gasteiger partial charge in [-0.2, -0.15) is 9.40 Å². The number of sulfonamides is 1. The number of hydrogen-bond donors (Lipinski definition) is 2. The minimum atomic E-state index is -3.49. The summed E-state index contributed by atoms with van der Waals surface area (Å²) < 4.78 is 26.9. The van der Waals surface area contributed by atoms with E-state index >= 15 is 0 Å². The van der Waals surface area contributed by atoms with Crippen molar-refractivity contribution >= 4 is 27.8 Å². The lowest BCUT2D eigenvalue weighted by Crippen LogP contribution is -2.27. The molecule has 0 atom stereocenters.